The van der Waals surface area contributed by atoms with Crippen molar-refractivity contribution in [1.29, 1.82) is 0 Å². The maximum Gasteiger partial charge on any atom is 0.247 e. The zero-order valence-corrected chi connectivity index (χ0v) is 17.5. The molecular formula is C21H32N2O5. The molecule has 0 spiro atoms. The largest absolute Gasteiger partial charge is 0.493 e. The number of benzene rings is 1. The van der Waals surface area contributed by atoms with Gasteiger partial charge in [0, 0.05) is 23.7 Å². The van der Waals surface area contributed by atoms with Crippen LogP contribution < -0.4 is 24.8 Å². The lowest BCUT2D eigenvalue weighted by atomic mass is 9.88. The monoisotopic (exact) mass is 392 g/mol. The predicted octanol–water partition coefficient (Wildman–Crippen LogP) is 3.37. The van der Waals surface area contributed by atoms with Crippen molar-refractivity contribution >= 4 is 17.5 Å². The molecule has 1 aromatic carbocycles. The molecule has 1 aromatic rings. The molecule has 1 aliphatic carbocycles. The van der Waals surface area contributed by atoms with Crippen molar-refractivity contribution in [1.82, 2.24) is 5.32 Å². The number of nitrogens with one attached hydrogen (secondary N) is 2. The van der Waals surface area contributed by atoms with E-state index in [2.05, 4.69) is 10.6 Å². The van der Waals surface area contributed by atoms with Crippen LogP contribution in [0.2, 0.25) is 0 Å². The zero-order chi connectivity index (χ0) is 20.7. The minimum absolute atomic E-state index is 0.00368. The molecule has 0 aliphatic heterocycles. The van der Waals surface area contributed by atoms with Gasteiger partial charge in [0.25, 0.3) is 0 Å². The minimum atomic E-state index is -0.617. The molecule has 1 saturated carbocycles. The van der Waals surface area contributed by atoms with Crippen LogP contribution in [0, 0.1) is 11.8 Å². The molecule has 0 aromatic heterocycles. The lowest BCUT2D eigenvalue weighted by Gasteiger charge is -2.26. The van der Waals surface area contributed by atoms with E-state index in [0.29, 0.717) is 22.9 Å². The van der Waals surface area contributed by atoms with Gasteiger partial charge in [-0.2, -0.15) is 0 Å². The summed E-state index contributed by atoms with van der Waals surface area (Å²) < 4.78 is 16.0. The molecule has 1 aliphatic rings. The van der Waals surface area contributed by atoms with Crippen molar-refractivity contribution in [3.05, 3.63) is 12.1 Å². The summed E-state index contributed by atoms with van der Waals surface area (Å²) in [5.41, 5.74) is 0.511. The van der Waals surface area contributed by atoms with Gasteiger partial charge in [0.2, 0.25) is 17.6 Å². The Labute approximate surface area is 167 Å². The van der Waals surface area contributed by atoms with Crippen LogP contribution >= 0.6 is 0 Å². The van der Waals surface area contributed by atoms with E-state index in [0.717, 1.165) is 25.7 Å². The minimum Gasteiger partial charge on any atom is -0.493 e. The summed E-state index contributed by atoms with van der Waals surface area (Å²) in [5, 5.41) is 5.81. The third-order valence-electron chi connectivity index (χ3n) is 5.16. The van der Waals surface area contributed by atoms with Gasteiger partial charge in [-0.3, -0.25) is 9.59 Å². The number of hydrogen-bond donors (Lipinski definition) is 2. The Balaban J connectivity index is 2.14. The van der Waals surface area contributed by atoms with Gasteiger partial charge in [-0.25, -0.2) is 0 Å². The number of anilines is 1. The summed E-state index contributed by atoms with van der Waals surface area (Å²) in [5.74, 6) is 1.01. The van der Waals surface area contributed by atoms with E-state index >= 15 is 0 Å². The second kappa shape index (κ2) is 10.2. The van der Waals surface area contributed by atoms with Gasteiger partial charge in [-0.05, 0) is 18.8 Å². The summed E-state index contributed by atoms with van der Waals surface area (Å²) in [6.07, 6.45) is 5.11. The van der Waals surface area contributed by atoms with Crippen molar-refractivity contribution < 1.29 is 23.8 Å². The van der Waals surface area contributed by atoms with E-state index in [1.165, 1.54) is 27.8 Å². The number of carbonyl (C=O) groups is 2. The molecule has 1 unspecified atom stereocenters. The van der Waals surface area contributed by atoms with Crippen LogP contribution in [0.15, 0.2) is 12.1 Å². The maximum atomic E-state index is 12.9. The maximum absolute atomic E-state index is 12.9. The predicted molar refractivity (Wildman–Crippen MR) is 108 cm³/mol. The quantitative estimate of drug-likeness (QED) is 0.708. The number of methoxy groups -OCH3 is 3. The van der Waals surface area contributed by atoms with Crippen LogP contribution in [0.5, 0.6) is 17.2 Å². The molecule has 0 heterocycles. The number of amides is 2. The summed E-state index contributed by atoms with van der Waals surface area (Å²) in [6, 6.07) is 2.72. The van der Waals surface area contributed by atoms with Crippen molar-refractivity contribution in [2.45, 2.75) is 52.0 Å². The van der Waals surface area contributed by atoms with Gasteiger partial charge in [-0.1, -0.05) is 33.1 Å². The molecule has 1 atom stereocenters. The molecule has 156 valence electrons. The number of ether oxygens (including phenoxy) is 3. The highest BCUT2D eigenvalue weighted by atomic mass is 16.5. The molecule has 7 heteroatoms. The molecule has 0 saturated heterocycles. The van der Waals surface area contributed by atoms with E-state index < -0.39 is 6.04 Å². The Morgan fingerprint density at radius 3 is 2.00 bits per heavy atom. The fourth-order valence-corrected chi connectivity index (χ4v) is 3.54. The average molecular weight is 392 g/mol. The van der Waals surface area contributed by atoms with Crippen LogP contribution in [0.4, 0.5) is 5.69 Å². The van der Waals surface area contributed by atoms with Crippen molar-refractivity contribution in [2.75, 3.05) is 26.6 Å². The van der Waals surface area contributed by atoms with Gasteiger partial charge >= 0.3 is 0 Å². The Hall–Kier alpha value is -2.44. The van der Waals surface area contributed by atoms with E-state index in [9.17, 15) is 9.59 Å². The molecule has 2 N–H and O–H groups in total. The fraction of sp³-hybridized carbons (Fsp3) is 0.619. The zero-order valence-electron chi connectivity index (χ0n) is 17.5. The summed E-state index contributed by atoms with van der Waals surface area (Å²) >= 11 is 0. The van der Waals surface area contributed by atoms with Crippen LogP contribution in [0.25, 0.3) is 0 Å². The first-order chi connectivity index (χ1) is 13.4. The number of carbonyl (C=O) groups excluding carboxylic acids is 2. The Kier molecular flexibility index (Phi) is 7.96. The van der Waals surface area contributed by atoms with E-state index in [1.807, 2.05) is 13.8 Å². The van der Waals surface area contributed by atoms with Gasteiger partial charge in [0.15, 0.2) is 11.5 Å². The highest BCUT2D eigenvalue weighted by molar-refractivity contribution is 5.98. The van der Waals surface area contributed by atoms with Gasteiger partial charge in [-0.15, -0.1) is 0 Å². The third-order valence-corrected chi connectivity index (χ3v) is 5.16. The molecule has 0 bridgehead atoms. The second-order valence-electron chi connectivity index (χ2n) is 7.47. The summed E-state index contributed by atoms with van der Waals surface area (Å²) in [4.78, 5) is 25.5. The lowest BCUT2D eigenvalue weighted by Crippen LogP contribution is -2.49. The summed E-state index contributed by atoms with van der Waals surface area (Å²) in [6.45, 7) is 3.83. The smallest absolute Gasteiger partial charge is 0.247 e. The molecule has 7 nitrogen and oxygen atoms in total. The van der Waals surface area contributed by atoms with Crippen LogP contribution in [-0.2, 0) is 9.59 Å². The van der Waals surface area contributed by atoms with Crippen LogP contribution in [0.3, 0.4) is 0 Å². The summed E-state index contributed by atoms with van der Waals surface area (Å²) in [7, 11) is 4.56. The topological polar surface area (TPSA) is 85.9 Å². The number of hydrogen-bond acceptors (Lipinski definition) is 5. The first-order valence-electron chi connectivity index (χ1n) is 9.82. The molecule has 2 rings (SSSR count). The highest BCUT2D eigenvalue weighted by Crippen LogP contribution is 2.40. The third kappa shape index (κ3) is 5.30. The average Bonchev–Trinajstić information content (AvgIpc) is 2.71. The first kappa shape index (κ1) is 21.9. The molecule has 1 fully saturated rings. The van der Waals surface area contributed by atoms with Gasteiger partial charge < -0.3 is 24.8 Å². The van der Waals surface area contributed by atoms with Crippen LogP contribution in [-0.4, -0.2) is 39.2 Å². The standard InChI is InChI=1S/C21H32N2O5/c1-13(2)18(23-20(24)14-9-7-6-8-10-14)21(25)22-15-11-16(26-3)19(28-5)17(12-15)27-4/h11-14,18H,6-10H2,1-5H3,(H,22,25)(H,23,24). The first-order valence-corrected chi connectivity index (χ1v) is 9.82. The van der Waals surface area contributed by atoms with Crippen molar-refractivity contribution in [3.63, 3.8) is 0 Å². The molecular weight excluding hydrogens is 360 g/mol. The number of rotatable bonds is 8. The van der Waals surface area contributed by atoms with Gasteiger partial charge in [0.05, 0.1) is 21.3 Å². The fourth-order valence-electron chi connectivity index (χ4n) is 3.54. The Morgan fingerprint density at radius 2 is 1.54 bits per heavy atom. The Morgan fingerprint density at radius 1 is 0.964 bits per heavy atom. The SMILES string of the molecule is COc1cc(NC(=O)C(NC(=O)C2CCCCC2)C(C)C)cc(OC)c1OC. The van der Waals surface area contributed by atoms with Crippen molar-refractivity contribution in [3.8, 4) is 17.2 Å². The van der Waals surface area contributed by atoms with E-state index in [-0.39, 0.29) is 23.7 Å². The lowest BCUT2D eigenvalue weighted by molar-refractivity contribution is -0.130. The molecule has 28 heavy (non-hydrogen) atoms. The molecule has 0 radical (unpaired) electrons. The van der Waals surface area contributed by atoms with E-state index in [4.69, 9.17) is 14.2 Å². The second-order valence-corrected chi connectivity index (χ2v) is 7.47. The van der Waals surface area contributed by atoms with E-state index in [1.54, 1.807) is 12.1 Å². The normalized spacial score (nSPS) is 15.6. The van der Waals surface area contributed by atoms with Crippen LogP contribution in [0.1, 0.15) is 46.0 Å². The van der Waals surface area contributed by atoms with Gasteiger partial charge in [0.1, 0.15) is 6.04 Å². The highest BCUT2D eigenvalue weighted by Gasteiger charge is 2.29. The Bertz CT molecular complexity index is 658. The van der Waals surface area contributed by atoms with Crippen molar-refractivity contribution in [2.24, 2.45) is 11.8 Å². The molecule has 2 amide bonds.